The molecule has 1 aromatic heterocycles. The Kier molecular flexibility index (Phi) is 4.91. The Morgan fingerprint density at radius 1 is 1.14 bits per heavy atom. The van der Waals surface area contributed by atoms with Crippen LogP contribution in [-0.4, -0.2) is 24.7 Å². The number of aromatic nitrogens is 1. The van der Waals surface area contributed by atoms with E-state index in [1.54, 1.807) is 0 Å². The molecule has 1 aliphatic rings. The summed E-state index contributed by atoms with van der Waals surface area (Å²) < 4.78 is 11.2. The first-order valence-electron chi connectivity index (χ1n) is 7.89. The number of hydrogen-bond donors (Lipinski definition) is 1. The maximum atomic E-state index is 5.67. The predicted octanol–water partition coefficient (Wildman–Crippen LogP) is 3.14. The highest BCUT2D eigenvalue weighted by Crippen LogP contribution is 2.33. The molecule has 0 bridgehead atoms. The van der Waals surface area contributed by atoms with Crippen LogP contribution in [0.1, 0.15) is 30.6 Å². The third kappa shape index (κ3) is 3.57. The third-order valence-corrected chi connectivity index (χ3v) is 3.87. The van der Waals surface area contributed by atoms with Crippen molar-refractivity contribution in [2.24, 2.45) is 0 Å². The molecular weight excluding hydrogens is 276 g/mol. The molecule has 0 saturated carbocycles. The number of nitrogens with zero attached hydrogens (tertiary/aromatic N) is 1. The Hall–Kier alpha value is -2.07. The van der Waals surface area contributed by atoms with Gasteiger partial charge in [0.15, 0.2) is 11.5 Å². The first-order valence-corrected chi connectivity index (χ1v) is 7.89. The SMILES string of the molecule is CCC(NCCc1ccccn1)c1ccc2c(c1)OCCO2. The highest BCUT2D eigenvalue weighted by molar-refractivity contribution is 5.44. The molecule has 0 radical (unpaired) electrons. The van der Waals surface area contributed by atoms with Gasteiger partial charge in [0, 0.05) is 30.9 Å². The van der Waals surface area contributed by atoms with Crippen LogP contribution in [-0.2, 0) is 6.42 Å². The highest BCUT2D eigenvalue weighted by Gasteiger charge is 2.15. The van der Waals surface area contributed by atoms with Crippen LogP contribution in [0.5, 0.6) is 11.5 Å². The molecule has 1 unspecified atom stereocenters. The summed E-state index contributed by atoms with van der Waals surface area (Å²) in [5, 5.41) is 3.60. The fourth-order valence-electron chi connectivity index (χ4n) is 2.70. The van der Waals surface area contributed by atoms with Crippen molar-refractivity contribution in [1.82, 2.24) is 10.3 Å². The summed E-state index contributed by atoms with van der Waals surface area (Å²) in [6.07, 6.45) is 3.80. The van der Waals surface area contributed by atoms with Gasteiger partial charge in [-0.3, -0.25) is 4.98 Å². The predicted molar refractivity (Wildman–Crippen MR) is 86.4 cm³/mol. The summed E-state index contributed by atoms with van der Waals surface area (Å²) in [5.74, 6) is 1.70. The van der Waals surface area contributed by atoms with Gasteiger partial charge in [0.2, 0.25) is 0 Å². The van der Waals surface area contributed by atoms with Crippen LogP contribution >= 0.6 is 0 Å². The van der Waals surface area contributed by atoms with E-state index in [1.807, 2.05) is 24.4 Å². The lowest BCUT2D eigenvalue weighted by Gasteiger charge is -2.22. The van der Waals surface area contributed by atoms with Gasteiger partial charge in [-0.1, -0.05) is 19.1 Å². The van der Waals surface area contributed by atoms with Gasteiger partial charge in [-0.05, 0) is 36.2 Å². The Balaban J connectivity index is 1.61. The molecular formula is C18H22N2O2. The van der Waals surface area contributed by atoms with Crippen molar-refractivity contribution < 1.29 is 9.47 Å². The molecule has 4 nitrogen and oxygen atoms in total. The van der Waals surface area contributed by atoms with Crippen LogP contribution < -0.4 is 14.8 Å². The first-order chi connectivity index (χ1) is 10.9. The molecule has 3 rings (SSSR count). The van der Waals surface area contributed by atoms with Crippen molar-refractivity contribution in [2.75, 3.05) is 19.8 Å². The lowest BCUT2D eigenvalue weighted by atomic mass is 10.0. The van der Waals surface area contributed by atoms with E-state index in [4.69, 9.17) is 9.47 Å². The van der Waals surface area contributed by atoms with Crippen LogP contribution in [0.2, 0.25) is 0 Å². The quantitative estimate of drug-likeness (QED) is 0.890. The molecule has 116 valence electrons. The summed E-state index contributed by atoms with van der Waals surface area (Å²) >= 11 is 0. The lowest BCUT2D eigenvalue weighted by Crippen LogP contribution is -2.24. The van der Waals surface area contributed by atoms with Crippen LogP contribution in [0.4, 0.5) is 0 Å². The monoisotopic (exact) mass is 298 g/mol. The molecule has 1 N–H and O–H groups in total. The zero-order valence-electron chi connectivity index (χ0n) is 12.9. The van der Waals surface area contributed by atoms with E-state index in [1.165, 1.54) is 5.56 Å². The largest absolute Gasteiger partial charge is 0.486 e. The van der Waals surface area contributed by atoms with Crippen molar-refractivity contribution in [3.8, 4) is 11.5 Å². The zero-order valence-corrected chi connectivity index (χ0v) is 12.9. The standard InChI is InChI=1S/C18H22N2O2/c1-2-16(20-10-8-15-5-3-4-9-19-15)14-6-7-17-18(13-14)22-12-11-21-17/h3-7,9,13,16,20H,2,8,10-12H2,1H3. The smallest absolute Gasteiger partial charge is 0.161 e. The summed E-state index contributed by atoms with van der Waals surface area (Å²) in [6.45, 7) is 4.35. The Morgan fingerprint density at radius 2 is 2.00 bits per heavy atom. The van der Waals surface area contributed by atoms with E-state index in [9.17, 15) is 0 Å². The van der Waals surface area contributed by atoms with Crippen molar-refractivity contribution in [1.29, 1.82) is 0 Å². The van der Waals surface area contributed by atoms with Crippen molar-refractivity contribution in [3.05, 3.63) is 53.9 Å². The van der Waals surface area contributed by atoms with E-state index >= 15 is 0 Å². The van der Waals surface area contributed by atoms with Gasteiger partial charge in [-0.2, -0.15) is 0 Å². The molecule has 1 atom stereocenters. The number of benzene rings is 1. The minimum atomic E-state index is 0.319. The maximum Gasteiger partial charge on any atom is 0.161 e. The van der Waals surface area contributed by atoms with Gasteiger partial charge in [-0.25, -0.2) is 0 Å². The summed E-state index contributed by atoms with van der Waals surface area (Å²) in [6, 6.07) is 12.6. The molecule has 4 heteroatoms. The number of ether oxygens (including phenoxy) is 2. The molecule has 0 aliphatic carbocycles. The average molecular weight is 298 g/mol. The molecule has 0 fully saturated rings. The minimum absolute atomic E-state index is 0.319. The van der Waals surface area contributed by atoms with Crippen LogP contribution in [0, 0.1) is 0 Å². The van der Waals surface area contributed by atoms with Gasteiger partial charge < -0.3 is 14.8 Å². The fraction of sp³-hybridized carbons (Fsp3) is 0.389. The summed E-state index contributed by atoms with van der Waals surface area (Å²) in [4.78, 5) is 4.36. The molecule has 0 saturated heterocycles. The molecule has 1 aliphatic heterocycles. The molecule has 2 heterocycles. The van der Waals surface area contributed by atoms with E-state index in [0.29, 0.717) is 19.3 Å². The average Bonchev–Trinajstić information content (AvgIpc) is 2.59. The van der Waals surface area contributed by atoms with Gasteiger partial charge in [-0.15, -0.1) is 0 Å². The fourth-order valence-corrected chi connectivity index (χ4v) is 2.70. The van der Waals surface area contributed by atoms with E-state index < -0.39 is 0 Å². The number of rotatable bonds is 6. The Labute approximate surface area is 131 Å². The van der Waals surface area contributed by atoms with Gasteiger partial charge >= 0.3 is 0 Å². The Morgan fingerprint density at radius 3 is 2.77 bits per heavy atom. The summed E-state index contributed by atoms with van der Waals surface area (Å²) in [7, 11) is 0. The molecule has 1 aromatic carbocycles. The molecule has 2 aromatic rings. The van der Waals surface area contributed by atoms with E-state index in [2.05, 4.69) is 35.4 Å². The number of pyridine rings is 1. The van der Waals surface area contributed by atoms with Gasteiger partial charge in [0.25, 0.3) is 0 Å². The highest BCUT2D eigenvalue weighted by atomic mass is 16.6. The first kappa shape index (κ1) is 14.9. The van der Waals surface area contributed by atoms with Gasteiger partial charge in [0.1, 0.15) is 13.2 Å². The van der Waals surface area contributed by atoms with Crippen LogP contribution in [0.25, 0.3) is 0 Å². The number of fused-ring (bicyclic) bond motifs is 1. The minimum Gasteiger partial charge on any atom is -0.486 e. The topological polar surface area (TPSA) is 43.4 Å². The van der Waals surface area contributed by atoms with Crippen molar-refractivity contribution in [3.63, 3.8) is 0 Å². The molecule has 0 spiro atoms. The second-order valence-corrected chi connectivity index (χ2v) is 5.39. The second-order valence-electron chi connectivity index (χ2n) is 5.39. The molecule has 0 amide bonds. The molecule has 22 heavy (non-hydrogen) atoms. The van der Waals surface area contributed by atoms with Crippen molar-refractivity contribution >= 4 is 0 Å². The second kappa shape index (κ2) is 7.27. The van der Waals surface area contributed by atoms with Crippen LogP contribution in [0.3, 0.4) is 0 Å². The Bertz CT molecular complexity index is 601. The van der Waals surface area contributed by atoms with Crippen LogP contribution in [0.15, 0.2) is 42.6 Å². The summed E-state index contributed by atoms with van der Waals surface area (Å²) in [5.41, 5.74) is 2.36. The van der Waals surface area contributed by atoms with E-state index in [-0.39, 0.29) is 0 Å². The number of nitrogens with one attached hydrogen (secondary N) is 1. The van der Waals surface area contributed by atoms with Crippen molar-refractivity contribution in [2.45, 2.75) is 25.8 Å². The lowest BCUT2D eigenvalue weighted by molar-refractivity contribution is 0.171. The number of hydrogen-bond acceptors (Lipinski definition) is 4. The maximum absolute atomic E-state index is 5.67. The van der Waals surface area contributed by atoms with Gasteiger partial charge in [0.05, 0.1) is 0 Å². The van der Waals surface area contributed by atoms with E-state index in [0.717, 1.165) is 36.6 Å². The zero-order chi connectivity index (χ0) is 15.2. The third-order valence-electron chi connectivity index (χ3n) is 3.87. The normalized spacial score (nSPS) is 14.6.